The summed E-state index contributed by atoms with van der Waals surface area (Å²) in [4.78, 5) is 27.6. The molecule has 1 heterocycles. The van der Waals surface area contributed by atoms with E-state index in [-0.39, 0.29) is 12.5 Å². The van der Waals surface area contributed by atoms with Crippen LogP contribution in [0.1, 0.15) is 6.42 Å². The fourth-order valence-corrected chi connectivity index (χ4v) is 1.63. The highest BCUT2D eigenvalue weighted by molar-refractivity contribution is 7.53. The fraction of sp³-hybridized carbons (Fsp3) is 0.800. The first-order valence-corrected chi connectivity index (χ1v) is 4.99. The van der Waals surface area contributed by atoms with Crippen molar-refractivity contribution in [2.75, 3.05) is 6.61 Å². The predicted molar refractivity (Wildman–Crippen MR) is 37.8 cm³/mol. The van der Waals surface area contributed by atoms with Crippen LogP contribution in [0.4, 0.5) is 0 Å². The van der Waals surface area contributed by atoms with Gasteiger partial charge in [0.2, 0.25) is 0 Å². The van der Waals surface area contributed by atoms with E-state index in [2.05, 4.69) is 4.74 Å². The maximum absolute atomic E-state index is 10.6. The number of carboxylic acid groups (broad SMARTS) is 1. The monoisotopic (exact) mass is 196 g/mol. The number of hydrogen-bond donors (Lipinski definition) is 3. The summed E-state index contributed by atoms with van der Waals surface area (Å²) in [5.41, 5.74) is -1.62. The minimum Gasteiger partial charge on any atom is -0.481 e. The number of epoxide rings is 1. The number of carbonyl (C=O) groups is 1. The third-order valence-electron chi connectivity index (χ3n) is 1.58. The Morgan fingerprint density at radius 3 is 2.42 bits per heavy atom. The maximum Gasteiger partial charge on any atom is 0.339 e. The Labute approximate surface area is 68.3 Å². The molecule has 0 spiro atoms. The van der Waals surface area contributed by atoms with Crippen LogP contribution >= 0.6 is 7.60 Å². The first kappa shape index (κ1) is 9.67. The van der Waals surface area contributed by atoms with Crippen LogP contribution in [-0.4, -0.2) is 39.2 Å². The van der Waals surface area contributed by atoms with Gasteiger partial charge in [0.15, 0.2) is 5.66 Å². The Balaban J connectivity index is 2.59. The second kappa shape index (κ2) is 3.14. The van der Waals surface area contributed by atoms with Crippen molar-refractivity contribution in [3.05, 3.63) is 0 Å². The van der Waals surface area contributed by atoms with E-state index in [0.717, 1.165) is 0 Å². The van der Waals surface area contributed by atoms with Gasteiger partial charge in [0.1, 0.15) is 0 Å². The Morgan fingerprint density at radius 1 is 1.67 bits per heavy atom. The normalized spacial score (nSPS) is 25.0. The third-order valence-corrected chi connectivity index (χ3v) is 2.82. The molecule has 1 fully saturated rings. The van der Waals surface area contributed by atoms with Gasteiger partial charge in [-0.1, -0.05) is 0 Å². The van der Waals surface area contributed by atoms with E-state index in [1.54, 1.807) is 0 Å². The van der Waals surface area contributed by atoms with Crippen molar-refractivity contribution < 1.29 is 29.0 Å². The van der Waals surface area contributed by atoms with E-state index in [1.807, 2.05) is 0 Å². The molecule has 0 aliphatic carbocycles. The summed E-state index contributed by atoms with van der Waals surface area (Å²) in [5.74, 6) is -1.47. The summed E-state index contributed by atoms with van der Waals surface area (Å²) >= 11 is 0. The van der Waals surface area contributed by atoms with Crippen LogP contribution in [0.5, 0.6) is 0 Å². The molecular weight excluding hydrogens is 187 g/mol. The molecule has 2 unspecified atom stereocenters. The van der Waals surface area contributed by atoms with Crippen molar-refractivity contribution in [2.45, 2.75) is 18.2 Å². The van der Waals surface area contributed by atoms with Crippen molar-refractivity contribution in [3.8, 4) is 0 Å². The number of hydrogen-bond acceptors (Lipinski definition) is 3. The van der Waals surface area contributed by atoms with Crippen molar-refractivity contribution >= 4 is 13.6 Å². The Hall–Kier alpha value is -0.420. The van der Waals surface area contributed by atoms with Crippen LogP contribution in [0.2, 0.25) is 0 Å². The second-order valence-corrected chi connectivity index (χ2v) is 4.44. The van der Waals surface area contributed by atoms with E-state index < -0.39 is 19.2 Å². The standard InChI is InChI=1S/C5H9O6P/c6-5(7)4(12(8,9)10)1-3-2-11-3/h3-4H,1-2H2,(H,6,7)(H2,8,9,10). The van der Waals surface area contributed by atoms with E-state index >= 15 is 0 Å². The van der Waals surface area contributed by atoms with Crippen LogP contribution in [0, 0.1) is 0 Å². The molecule has 0 amide bonds. The molecular formula is C5H9O6P. The second-order valence-electron chi connectivity index (χ2n) is 2.63. The molecule has 0 aromatic rings. The largest absolute Gasteiger partial charge is 0.481 e. The van der Waals surface area contributed by atoms with Gasteiger partial charge in [0, 0.05) is 6.42 Å². The lowest BCUT2D eigenvalue weighted by molar-refractivity contribution is -0.137. The molecule has 0 saturated carbocycles. The molecule has 1 rings (SSSR count). The highest BCUT2D eigenvalue weighted by Crippen LogP contribution is 2.44. The van der Waals surface area contributed by atoms with E-state index in [1.165, 1.54) is 0 Å². The minimum atomic E-state index is -4.53. The van der Waals surface area contributed by atoms with Gasteiger partial charge in [0.25, 0.3) is 0 Å². The van der Waals surface area contributed by atoms with Gasteiger partial charge in [-0.3, -0.25) is 9.36 Å². The Morgan fingerprint density at radius 2 is 2.17 bits per heavy atom. The van der Waals surface area contributed by atoms with Gasteiger partial charge in [-0.25, -0.2) is 0 Å². The SMILES string of the molecule is O=C(O)C(CC1CO1)P(=O)(O)O. The van der Waals surface area contributed by atoms with Gasteiger partial charge in [-0.05, 0) is 0 Å². The van der Waals surface area contributed by atoms with E-state index in [9.17, 15) is 9.36 Å². The molecule has 7 heteroatoms. The van der Waals surface area contributed by atoms with Crippen LogP contribution in [0.25, 0.3) is 0 Å². The average Bonchev–Trinajstić information content (AvgIpc) is 2.61. The highest BCUT2D eigenvalue weighted by atomic mass is 31.2. The summed E-state index contributed by atoms with van der Waals surface area (Å²) in [5, 5.41) is 8.44. The van der Waals surface area contributed by atoms with Gasteiger partial charge < -0.3 is 19.6 Å². The highest BCUT2D eigenvalue weighted by Gasteiger charge is 2.40. The van der Waals surface area contributed by atoms with Gasteiger partial charge in [-0.2, -0.15) is 0 Å². The number of carboxylic acids is 1. The van der Waals surface area contributed by atoms with Gasteiger partial charge in [0.05, 0.1) is 12.7 Å². The topological polar surface area (TPSA) is 107 Å². The first-order chi connectivity index (χ1) is 5.41. The number of aliphatic carboxylic acids is 1. The van der Waals surface area contributed by atoms with Crippen LogP contribution in [-0.2, 0) is 14.1 Å². The molecule has 70 valence electrons. The zero-order chi connectivity index (χ0) is 9.35. The van der Waals surface area contributed by atoms with Crippen molar-refractivity contribution in [1.29, 1.82) is 0 Å². The lowest BCUT2D eigenvalue weighted by Gasteiger charge is -2.11. The molecule has 1 aliphatic heterocycles. The fourth-order valence-electron chi connectivity index (χ4n) is 0.835. The first-order valence-electron chi connectivity index (χ1n) is 3.31. The Bertz CT molecular complexity index is 228. The quantitative estimate of drug-likeness (QED) is 0.409. The molecule has 6 nitrogen and oxygen atoms in total. The molecule has 12 heavy (non-hydrogen) atoms. The predicted octanol–water partition coefficient (Wildman–Crippen LogP) is -0.594. The molecule has 0 aromatic carbocycles. The van der Waals surface area contributed by atoms with Crippen LogP contribution < -0.4 is 0 Å². The third kappa shape index (κ3) is 2.57. The summed E-state index contributed by atoms with van der Waals surface area (Å²) in [6, 6.07) is 0. The smallest absolute Gasteiger partial charge is 0.339 e. The van der Waals surface area contributed by atoms with E-state index in [4.69, 9.17) is 14.9 Å². The van der Waals surface area contributed by atoms with Crippen molar-refractivity contribution in [1.82, 2.24) is 0 Å². The Kier molecular flexibility index (Phi) is 2.53. The molecule has 0 aromatic heterocycles. The van der Waals surface area contributed by atoms with Gasteiger partial charge >= 0.3 is 13.6 Å². The van der Waals surface area contributed by atoms with Crippen molar-refractivity contribution in [3.63, 3.8) is 0 Å². The lowest BCUT2D eigenvalue weighted by atomic mass is 10.2. The van der Waals surface area contributed by atoms with Crippen LogP contribution in [0.3, 0.4) is 0 Å². The number of ether oxygens (including phenoxy) is 1. The lowest BCUT2D eigenvalue weighted by Crippen LogP contribution is -2.22. The molecule has 0 radical (unpaired) electrons. The van der Waals surface area contributed by atoms with E-state index in [0.29, 0.717) is 6.61 Å². The van der Waals surface area contributed by atoms with Gasteiger partial charge in [-0.15, -0.1) is 0 Å². The maximum atomic E-state index is 10.6. The number of rotatable bonds is 4. The molecule has 1 saturated heterocycles. The van der Waals surface area contributed by atoms with Crippen molar-refractivity contribution in [2.24, 2.45) is 0 Å². The summed E-state index contributed by atoms with van der Waals surface area (Å²) in [6.45, 7) is 0.393. The molecule has 1 aliphatic rings. The zero-order valence-corrected chi connectivity index (χ0v) is 6.98. The summed E-state index contributed by atoms with van der Waals surface area (Å²) in [7, 11) is -4.53. The summed E-state index contributed by atoms with van der Waals surface area (Å²) < 4.78 is 15.3. The average molecular weight is 196 g/mol. The minimum absolute atomic E-state index is 0.111. The summed E-state index contributed by atoms with van der Waals surface area (Å²) in [6.07, 6.45) is -0.404. The molecule has 2 atom stereocenters. The van der Waals surface area contributed by atoms with Crippen LogP contribution in [0.15, 0.2) is 0 Å². The molecule has 0 bridgehead atoms. The zero-order valence-electron chi connectivity index (χ0n) is 6.08. The molecule has 3 N–H and O–H groups in total.